The Bertz CT molecular complexity index is 657. The number of carbonyl (C=O) groups is 2. The lowest BCUT2D eigenvalue weighted by Gasteiger charge is -2.07. The van der Waals surface area contributed by atoms with Gasteiger partial charge in [-0.3, -0.25) is 4.79 Å². The molecule has 0 spiro atoms. The predicted octanol–water partition coefficient (Wildman–Crippen LogP) is 2.94. The molecule has 0 aliphatic heterocycles. The third-order valence-corrected chi connectivity index (χ3v) is 2.87. The number of ketones is 1. The minimum atomic E-state index is -1.09. The van der Waals surface area contributed by atoms with E-state index in [9.17, 15) is 9.59 Å². The van der Waals surface area contributed by atoms with Crippen molar-refractivity contribution in [1.82, 2.24) is 0 Å². The van der Waals surface area contributed by atoms with Crippen LogP contribution in [0.4, 0.5) is 0 Å². The second-order valence-electron chi connectivity index (χ2n) is 4.42. The number of rotatable bonds is 6. The number of hydrogen-bond donors (Lipinski definition) is 1. The molecule has 0 radical (unpaired) electrons. The van der Waals surface area contributed by atoms with Crippen LogP contribution >= 0.6 is 0 Å². The Balaban J connectivity index is 2.04. The first kappa shape index (κ1) is 14.5. The van der Waals surface area contributed by atoms with Crippen LogP contribution in [0.15, 0.2) is 66.7 Å². The highest BCUT2D eigenvalue weighted by molar-refractivity contribution is 6.08. The molecule has 4 nitrogen and oxygen atoms in total. The van der Waals surface area contributed by atoms with Crippen LogP contribution in [-0.2, 0) is 4.79 Å². The summed E-state index contributed by atoms with van der Waals surface area (Å²) in [5.74, 6) is -0.676. The van der Waals surface area contributed by atoms with E-state index in [1.54, 1.807) is 36.4 Å². The zero-order valence-corrected chi connectivity index (χ0v) is 11.3. The van der Waals surface area contributed by atoms with Crippen LogP contribution in [0, 0.1) is 0 Å². The van der Waals surface area contributed by atoms with Gasteiger partial charge in [-0.2, -0.15) is 0 Å². The Labute approximate surface area is 122 Å². The molecule has 0 saturated carbocycles. The number of carboxylic acid groups (broad SMARTS) is 1. The minimum Gasteiger partial charge on any atom is -0.489 e. The Kier molecular flexibility index (Phi) is 4.51. The molecule has 0 aromatic heterocycles. The Morgan fingerprint density at radius 1 is 0.952 bits per heavy atom. The van der Waals surface area contributed by atoms with Crippen molar-refractivity contribution in [2.45, 2.75) is 0 Å². The van der Waals surface area contributed by atoms with Crippen molar-refractivity contribution in [3.8, 4) is 5.75 Å². The number of benzene rings is 2. The second-order valence-corrected chi connectivity index (χ2v) is 4.42. The van der Waals surface area contributed by atoms with Crippen LogP contribution in [0.1, 0.15) is 15.9 Å². The highest BCUT2D eigenvalue weighted by Crippen LogP contribution is 2.16. The lowest BCUT2D eigenvalue weighted by molar-refractivity contribution is -0.133. The van der Waals surface area contributed by atoms with Gasteiger partial charge in [0.2, 0.25) is 0 Å². The van der Waals surface area contributed by atoms with E-state index < -0.39 is 5.97 Å². The molecule has 0 bridgehead atoms. The van der Waals surface area contributed by atoms with Gasteiger partial charge in [0.15, 0.2) is 5.78 Å². The summed E-state index contributed by atoms with van der Waals surface area (Å²) in [5.41, 5.74) is 1.13. The number of hydrogen-bond acceptors (Lipinski definition) is 3. The van der Waals surface area contributed by atoms with Gasteiger partial charge >= 0.3 is 5.97 Å². The van der Waals surface area contributed by atoms with Crippen LogP contribution in [0.25, 0.3) is 0 Å². The van der Waals surface area contributed by atoms with Gasteiger partial charge in [-0.1, -0.05) is 36.9 Å². The molecule has 0 saturated heterocycles. The van der Waals surface area contributed by atoms with Crippen molar-refractivity contribution in [1.29, 1.82) is 0 Å². The van der Waals surface area contributed by atoms with Gasteiger partial charge in [0.1, 0.15) is 12.4 Å². The second kappa shape index (κ2) is 6.52. The van der Waals surface area contributed by atoms with E-state index >= 15 is 0 Å². The van der Waals surface area contributed by atoms with E-state index in [4.69, 9.17) is 9.84 Å². The maximum absolute atomic E-state index is 12.2. The molecule has 0 heterocycles. The van der Waals surface area contributed by atoms with E-state index in [1.807, 2.05) is 18.2 Å². The van der Waals surface area contributed by atoms with Crippen molar-refractivity contribution >= 4 is 11.8 Å². The fourth-order valence-corrected chi connectivity index (χ4v) is 1.69. The molecular weight excluding hydrogens is 268 g/mol. The highest BCUT2D eigenvalue weighted by Gasteiger charge is 2.09. The molecule has 0 fully saturated rings. The van der Waals surface area contributed by atoms with Crippen molar-refractivity contribution in [3.63, 3.8) is 0 Å². The summed E-state index contributed by atoms with van der Waals surface area (Å²) in [5, 5.41) is 8.68. The normalized spacial score (nSPS) is 9.90. The van der Waals surface area contributed by atoms with Crippen LogP contribution in [0.5, 0.6) is 5.75 Å². The number of carbonyl (C=O) groups excluding carboxylic acids is 1. The maximum Gasteiger partial charge on any atom is 0.334 e. The van der Waals surface area contributed by atoms with Crippen molar-refractivity contribution in [2.24, 2.45) is 0 Å². The summed E-state index contributed by atoms with van der Waals surface area (Å²) in [4.78, 5) is 22.8. The molecule has 4 heteroatoms. The molecule has 0 aliphatic rings. The Morgan fingerprint density at radius 2 is 1.52 bits per heavy atom. The van der Waals surface area contributed by atoms with Gasteiger partial charge in [-0.15, -0.1) is 0 Å². The monoisotopic (exact) mass is 282 g/mol. The molecule has 0 amide bonds. The standard InChI is InChI=1S/C17H14O4/c1-12(17(19)20)11-21-15-9-7-14(8-10-15)16(18)13-5-3-2-4-6-13/h2-10H,1,11H2,(H,19,20). The highest BCUT2D eigenvalue weighted by atomic mass is 16.5. The molecule has 1 N–H and O–H groups in total. The number of carboxylic acids is 1. The van der Waals surface area contributed by atoms with E-state index in [0.717, 1.165) is 0 Å². The quantitative estimate of drug-likeness (QED) is 0.653. The molecular formula is C17H14O4. The third-order valence-electron chi connectivity index (χ3n) is 2.87. The van der Waals surface area contributed by atoms with Crippen molar-refractivity contribution in [2.75, 3.05) is 6.61 Å². The third kappa shape index (κ3) is 3.79. The molecule has 2 aromatic carbocycles. The van der Waals surface area contributed by atoms with Crippen LogP contribution < -0.4 is 4.74 Å². The fraction of sp³-hybridized carbons (Fsp3) is 0.0588. The molecule has 2 aromatic rings. The topological polar surface area (TPSA) is 63.6 Å². The van der Waals surface area contributed by atoms with E-state index in [1.165, 1.54) is 0 Å². The molecule has 2 rings (SSSR count). The maximum atomic E-state index is 12.2. The van der Waals surface area contributed by atoms with Gasteiger partial charge in [0.25, 0.3) is 0 Å². The summed E-state index contributed by atoms with van der Waals surface area (Å²) in [6.45, 7) is 3.28. The first-order chi connectivity index (χ1) is 10.1. The lowest BCUT2D eigenvalue weighted by Crippen LogP contribution is -2.09. The summed E-state index contributed by atoms with van der Waals surface area (Å²) in [6, 6.07) is 15.5. The van der Waals surface area contributed by atoms with Gasteiger partial charge in [-0.05, 0) is 24.3 Å². The fourth-order valence-electron chi connectivity index (χ4n) is 1.69. The molecule has 0 aliphatic carbocycles. The largest absolute Gasteiger partial charge is 0.489 e. The Morgan fingerprint density at radius 3 is 2.10 bits per heavy atom. The smallest absolute Gasteiger partial charge is 0.334 e. The summed E-state index contributed by atoms with van der Waals surface area (Å²) in [6.07, 6.45) is 0. The molecule has 0 unspecified atom stereocenters. The summed E-state index contributed by atoms with van der Waals surface area (Å²) < 4.78 is 5.28. The summed E-state index contributed by atoms with van der Waals surface area (Å²) >= 11 is 0. The average molecular weight is 282 g/mol. The Hall–Kier alpha value is -2.88. The van der Waals surface area contributed by atoms with Crippen molar-refractivity contribution < 1.29 is 19.4 Å². The van der Waals surface area contributed by atoms with Crippen LogP contribution in [0.3, 0.4) is 0 Å². The predicted molar refractivity (Wildman–Crippen MR) is 78.6 cm³/mol. The first-order valence-corrected chi connectivity index (χ1v) is 6.31. The first-order valence-electron chi connectivity index (χ1n) is 6.31. The van der Waals surface area contributed by atoms with Crippen LogP contribution in [-0.4, -0.2) is 23.5 Å². The zero-order valence-electron chi connectivity index (χ0n) is 11.3. The van der Waals surface area contributed by atoms with E-state index in [0.29, 0.717) is 16.9 Å². The number of aliphatic carboxylic acids is 1. The van der Waals surface area contributed by atoms with Gasteiger partial charge in [0, 0.05) is 11.1 Å². The SMILES string of the molecule is C=C(COc1ccc(C(=O)c2ccccc2)cc1)C(=O)O. The molecule has 0 atom stereocenters. The minimum absolute atomic E-state index is 0.0283. The van der Waals surface area contributed by atoms with Gasteiger partial charge in [-0.25, -0.2) is 4.79 Å². The summed E-state index contributed by atoms with van der Waals surface area (Å²) in [7, 11) is 0. The van der Waals surface area contributed by atoms with Gasteiger partial charge in [0.05, 0.1) is 5.57 Å². The van der Waals surface area contributed by atoms with E-state index in [2.05, 4.69) is 6.58 Å². The zero-order chi connectivity index (χ0) is 15.2. The van der Waals surface area contributed by atoms with Crippen LogP contribution in [0.2, 0.25) is 0 Å². The number of ether oxygens (including phenoxy) is 1. The van der Waals surface area contributed by atoms with E-state index in [-0.39, 0.29) is 18.0 Å². The average Bonchev–Trinajstić information content (AvgIpc) is 2.53. The molecule has 21 heavy (non-hydrogen) atoms. The van der Waals surface area contributed by atoms with Crippen molar-refractivity contribution in [3.05, 3.63) is 77.9 Å². The lowest BCUT2D eigenvalue weighted by atomic mass is 10.0. The van der Waals surface area contributed by atoms with Gasteiger partial charge < -0.3 is 9.84 Å². The molecule has 106 valence electrons.